The van der Waals surface area contributed by atoms with Crippen LogP contribution >= 0.6 is 12.2 Å². The Hall–Kier alpha value is -1.82. The highest BCUT2D eigenvalue weighted by Gasteiger charge is 2.52. The van der Waals surface area contributed by atoms with Gasteiger partial charge >= 0.3 is 0 Å². The molecule has 5 nitrogen and oxygen atoms in total. The first-order valence-corrected chi connectivity index (χ1v) is 6.62. The highest BCUT2D eigenvalue weighted by Crippen LogP contribution is 2.40. The molecule has 1 aliphatic heterocycles. The summed E-state index contributed by atoms with van der Waals surface area (Å²) in [6, 6.07) is 3.26. The van der Waals surface area contributed by atoms with Crippen LogP contribution in [0.2, 0.25) is 0 Å². The zero-order valence-electron chi connectivity index (χ0n) is 10.3. The molecule has 1 fully saturated rings. The summed E-state index contributed by atoms with van der Waals surface area (Å²) in [6.07, 6.45) is 4.63. The number of hydrogen-bond acceptors (Lipinski definition) is 4. The fourth-order valence-electron chi connectivity index (χ4n) is 3.00. The largest absolute Gasteiger partial charge is 0.391 e. The molecule has 0 radical (unpaired) electrons. The molecule has 0 aromatic carbocycles. The highest BCUT2D eigenvalue weighted by molar-refractivity contribution is 7.80. The molecule has 0 bridgehead atoms. The van der Waals surface area contributed by atoms with Gasteiger partial charge in [0.2, 0.25) is 0 Å². The van der Waals surface area contributed by atoms with Crippen LogP contribution in [0.25, 0.3) is 0 Å². The van der Waals surface area contributed by atoms with Crippen molar-refractivity contribution in [2.24, 2.45) is 5.73 Å². The normalized spacial score (nSPS) is 20.7. The number of amides is 2. The summed E-state index contributed by atoms with van der Waals surface area (Å²) < 4.78 is 0. The molecule has 0 unspecified atom stereocenters. The molecule has 6 heteroatoms. The van der Waals surface area contributed by atoms with E-state index in [1.165, 1.54) is 11.1 Å². The summed E-state index contributed by atoms with van der Waals surface area (Å²) in [5, 5.41) is 0. The Morgan fingerprint density at radius 3 is 2.58 bits per heavy atom. The number of imide groups is 1. The van der Waals surface area contributed by atoms with Crippen LogP contribution < -0.4 is 5.73 Å². The monoisotopic (exact) mass is 275 g/mol. The number of nitrogens with zero attached hydrogens (tertiary/aromatic N) is 2. The van der Waals surface area contributed by atoms with E-state index in [9.17, 15) is 9.59 Å². The maximum atomic E-state index is 12.5. The Bertz CT molecular complexity index is 558. The molecule has 0 spiro atoms. The Morgan fingerprint density at radius 1 is 1.32 bits per heavy atom. The molecule has 1 saturated carbocycles. The molecule has 19 heavy (non-hydrogen) atoms. The number of aromatic nitrogens is 1. The van der Waals surface area contributed by atoms with Crippen LogP contribution in [0.3, 0.4) is 0 Å². The van der Waals surface area contributed by atoms with E-state index in [-0.39, 0.29) is 22.5 Å². The van der Waals surface area contributed by atoms with Gasteiger partial charge in [0.05, 0.1) is 10.6 Å². The van der Waals surface area contributed by atoms with Crippen molar-refractivity contribution in [3.8, 4) is 0 Å². The molecular weight excluding hydrogens is 262 g/mol. The molecular formula is C13H13N3O2S. The third-order valence-electron chi connectivity index (χ3n) is 3.96. The minimum Gasteiger partial charge on any atom is -0.391 e. The van der Waals surface area contributed by atoms with Crippen LogP contribution in [0.4, 0.5) is 0 Å². The van der Waals surface area contributed by atoms with Crippen molar-refractivity contribution in [3.05, 3.63) is 29.6 Å². The zero-order valence-corrected chi connectivity index (χ0v) is 11.1. The SMILES string of the molecule is NC(=S)C1(N2C(=O)c3cccnc3C2=O)CCCC1. The molecule has 0 atom stereocenters. The summed E-state index contributed by atoms with van der Waals surface area (Å²) in [7, 11) is 0. The number of nitrogens with two attached hydrogens (primary N) is 1. The van der Waals surface area contributed by atoms with E-state index in [1.807, 2.05) is 0 Å². The second-order valence-electron chi connectivity index (χ2n) is 4.95. The van der Waals surface area contributed by atoms with Gasteiger partial charge in [0.15, 0.2) is 0 Å². The van der Waals surface area contributed by atoms with Gasteiger partial charge in [0.25, 0.3) is 11.8 Å². The van der Waals surface area contributed by atoms with Gasteiger partial charge in [0, 0.05) is 6.20 Å². The number of rotatable bonds is 2. The minimum atomic E-state index is -0.801. The van der Waals surface area contributed by atoms with Gasteiger partial charge in [-0.05, 0) is 25.0 Å². The van der Waals surface area contributed by atoms with Crippen LogP contribution in [0, 0.1) is 0 Å². The van der Waals surface area contributed by atoms with Gasteiger partial charge in [-0.1, -0.05) is 25.1 Å². The van der Waals surface area contributed by atoms with Crippen molar-refractivity contribution in [1.29, 1.82) is 0 Å². The lowest BCUT2D eigenvalue weighted by molar-refractivity contribution is 0.0528. The van der Waals surface area contributed by atoms with E-state index in [0.717, 1.165) is 12.8 Å². The predicted octanol–water partition coefficient (Wildman–Crippen LogP) is 1.28. The Kier molecular flexibility index (Phi) is 2.63. The average Bonchev–Trinajstić information content (AvgIpc) is 2.97. The van der Waals surface area contributed by atoms with Gasteiger partial charge < -0.3 is 5.73 Å². The third kappa shape index (κ3) is 1.53. The van der Waals surface area contributed by atoms with Gasteiger partial charge in [-0.25, -0.2) is 0 Å². The van der Waals surface area contributed by atoms with Crippen molar-refractivity contribution < 1.29 is 9.59 Å². The van der Waals surface area contributed by atoms with Gasteiger partial charge in [0.1, 0.15) is 11.2 Å². The fourth-order valence-corrected chi connectivity index (χ4v) is 3.29. The van der Waals surface area contributed by atoms with Crippen LogP contribution in [0.15, 0.2) is 18.3 Å². The molecule has 0 saturated heterocycles. The first kappa shape index (κ1) is 12.2. The van der Waals surface area contributed by atoms with Crippen LogP contribution in [-0.2, 0) is 0 Å². The quantitative estimate of drug-likeness (QED) is 0.650. The molecule has 98 valence electrons. The van der Waals surface area contributed by atoms with Crippen LogP contribution in [0.5, 0.6) is 0 Å². The fraction of sp³-hybridized carbons (Fsp3) is 0.385. The zero-order chi connectivity index (χ0) is 13.6. The minimum absolute atomic E-state index is 0.204. The van der Waals surface area contributed by atoms with E-state index in [1.54, 1.807) is 12.1 Å². The van der Waals surface area contributed by atoms with Crippen molar-refractivity contribution in [2.75, 3.05) is 0 Å². The predicted molar refractivity (Wildman–Crippen MR) is 72.7 cm³/mol. The summed E-state index contributed by atoms with van der Waals surface area (Å²) in [5.74, 6) is -0.710. The van der Waals surface area contributed by atoms with Crippen molar-refractivity contribution >= 4 is 29.0 Å². The van der Waals surface area contributed by atoms with Crippen molar-refractivity contribution in [3.63, 3.8) is 0 Å². The number of hydrogen-bond donors (Lipinski definition) is 1. The van der Waals surface area contributed by atoms with E-state index in [2.05, 4.69) is 4.98 Å². The molecule has 3 rings (SSSR count). The van der Waals surface area contributed by atoms with E-state index in [0.29, 0.717) is 18.4 Å². The van der Waals surface area contributed by atoms with E-state index >= 15 is 0 Å². The van der Waals surface area contributed by atoms with Crippen molar-refractivity contribution in [1.82, 2.24) is 9.88 Å². The highest BCUT2D eigenvalue weighted by atomic mass is 32.1. The maximum Gasteiger partial charge on any atom is 0.281 e. The lowest BCUT2D eigenvalue weighted by Gasteiger charge is -2.35. The average molecular weight is 275 g/mol. The molecule has 2 N–H and O–H groups in total. The molecule has 2 amide bonds. The van der Waals surface area contributed by atoms with Gasteiger partial charge in [-0.15, -0.1) is 0 Å². The lowest BCUT2D eigenvalue weighted by atomic mass is 9.95. The van der Waals surface area contributed by atoms with Crippen LogP contribution in [-0.4, -0.2) is 32.2 Å². The third-order valence-corrected chi connectivity index (χ3v) is 4.34. The number of pyridine rings is 1. The second kappa shape index (κ2) is 4.09. The Labute approximate surface area is 115 Å². The number of carbonyl (C=O) groups excluding carboxylic acids is 2. The molecule has 2 heterocycles. The van der Waals surface area contributed by atoms with Gasteiger partial charge in [-0.3, -0.25) is 19.5 Å². The second-order valence-corrected chi connectivity index (χ2v) is 5.39. The summed E-state index contributed by atoms with van der Waals surface area (Å²) in [4.78, 5) is 30.3. The number of fused-ring (bicyclic) bond motifs is 1. The number of thiocarbonyl (C=S) groups is 1. The molecule has 1 aliphatic carbocycles. The smallest absolute Gasteiger partial charge is 0.281 e. The first-order valence-electron chi connectivity index (χ1n) is 6.22. The molecule has 1 aromatic heterocycles. The summed E-state index contributed by atoms with van der Waals surface area (Å²) >= 11 is 5.13. The molecule has 1 aromatic rings. The van der Waals surface area contributed by atoms with Crippen LogP contribution in [0.1, 0.15) is 46.5 Å². The Balaban J connectivity index is 2.11. The van der Waals surface area contributed by atoms with Gasteiger partial charge in [-0.2, -0.15) is 0 Å². The Morgan fingerprint density at radius 2 is 2.00 bits per heavy atom. The van der Waals surface area contributed by atoms with E-state index in [4.69, 9.17) is 18.0 Å². The summed E-state index contributed by atoms with van der Waals surface area (Å²) in [5.41, 5.74) is 5.58. The summed E-state index contributed by atoms with van der Waals surface area (Å²) in [6.45, 7) is 0. The molecule has 2 aliphatic rings. The maximum absolute atomic E-state index is 12.5. The first-order chi connectivity index (χ1) is 9.08. The topological polar surface area (TPSA) is 76.3 Å². The lowest BCUT2D eigenvalue weighted by Crippen LogP contribution is -2.57. The van der Waals surface area contributed by atoms with E-state index < -0.39 is 5.54 Å². The standard InChI is InChI=1S/C13H13N3O2S/c14-12(19)13(5-1-2-6-13)16-10(17)8-4-3-7-15-9(8)11(16)18/h3-4,7H,1-2,5-6H2,(H2,14,19). The van der Waals surface area contributed by atoms with Crippen molar-refractivity contribution in [2.45, 2.75) is 31.2 Å². The number of carbonyl (C=O) groups is 2.